The van der Waals surface area contributed by atoms with Gasteiger partial charge in [-0.2, -0.15) is 0 Å². The van der Waals surface area contributed by atoms with E-state index >= 15 is 0 Å². The molecular weight excluding hydrogens is 141 g/mol. The Morgan fingerprint density at radius 1 is 1.20 bits per heavy atom. The molecule has 0 saturated heterocycles. The summed E-state index contributed by atoms with van der Waals surface area (Å²) in [6, 6.07) is 0. The Morgan fingerprint density at radius 3 is 2.40 bits per heavy atom. The molecule has 2 heteroatoms. The van der Waals surface area contributed by atoms with Crippen LogP contribution in [0.5, 0.6) is 0 Å². The van der Waals surface area contributed by atoms with E-state index in [4.69, 9.17) is 0 Å². The highest BCUT2D eigenvalue weighted by Crippen LogP contribution is 2.21. The van der Waals surface area contributed by atoms with Gasteiger partial charge in [0.15, 0.2) is 0 Å². The second-order valence-electron chi connectivity index (χ2n) is 2.91. The zero-order valence-electron chi connectivity index (χ0n) is 7.48. The Labute approximate surface area is 66.3 Å². The summed E-state index contributed by atoms with van der Waals surface area (Å²) in [7, 11) is 0.316. The lowest BCUT2D eigenvalue weighted by molar-refractivity contribution is 0.665. The fourth-order valence-corrected chi connectivity index (χ4v) is 1.33. The van der Waals surface area contributed by atoms with E-state index in [1.807, 2.05) is 0 Å². The van der Waals surface area contributed by atoms with Gasteiger partial charge in [-0.15, -0.1) is 7.92 Å². The number of hydrogen-bond donors (Lipinski definition) is 1. The second kappa shape index (κ2) is 7.50. The van der Waals surface area contributed by atoms with Crippen LogP contribution in [-0.4, -0.2) is 32.6 Å². The summed E-state index contributed by atoms with van der Waals surface area (Å²) in [5, 5.41) is 3.43. The van der Waals surface area contributed by atoms with Crippen LogP contribution in [0.4, 0.5) is 0 Å². The van der Waals surface area contributed by atoms with Crippen LogP contribution in [0, 0.1) is 0 Å². The molecule has 0 saturated carbocycles. The van der Waals surface area contributed by atoms with Crippen molar-refractivity contribution in [3.05, 3.63) is 0 Å². The monoisotopic (exact) mass is 161 g/mol. The summed E-state index contributed by atoms with van der Waals surface area (Å²) in [4.78, 5) is 0. The van der Waals surface area contributed by atoms with Gasteiger partial charge in [-0.1, -0.05) is 13.3 Å². The molecule has 1 N–H and O–H groups in total. The Balaban J connectivity index is 2.77. The van der Waals surface area contributed by atoms with Crippen molar-refractivity contribution in [2.24, 2.45) is 0 Å². The van der Waals surface area contributed by atoms with Crippen molar-refractivity contribution in [3.8, 4) is 0 Å². The summed E-state index contributed by atoms with van der Waals surface area (Å²) in [5.74, 6) is 0. The minimum Gasteiger partial charge on any atom is -0.316 e. The number of hydrogen-bond acceptors (Lipinski definition) is 1. The number of unbranched alkanes of at least 4 members (excludes halogenated alkanes) is 1. The average Bonchev–Trinajstić information content (AvgIpc) is 1.87. The first-order valence-corrected chi connectivity index (χ1v) is 6.55. The highest BCUT2D eigenvalue weighted by atomic mass is 31.1. The molecule has 0 heterocycles. The van der Waals surface area contributed by atoms with E-state index in [9.17, 15) is 0 Å². The topological polar surface area (TPSA) is 12.0 Å². The van der Waals surface area contributed by atoms with Crippen molar-refractivity contribution < 1.29 is 0 Å². The zero-order valence-corrected chi connectivity index (χ0v) is 8.38. The van der Waals surface area contributed by atoms with Crippen molar-refractivity contribution in [2.45, 2.75) is 19.8 Å². The molecule has 0 unspecified atom stereocenters. The summed E-state index contributed by atoms with van der Waals surface area (Å²) < 4.78 is 0. The predicted molar refractivity (Wildman–Crippen MR) is 51.4 cm³/mol. The Bertz CT molecular complexity index is 64.3. The minimum absolute atomic E-state index is 0.316. The molecule has 0 spiro atoms. The molecule has 10 heavy (non-hydrogen) atoms. The van der Waals surface area contributed by atoms with Crippen molar-refractivity contribution in [3.63, 3.8) is 0 Å². The first-order chi connectivity index (χ1) is 4.77. The Hall–Kier alpha value is 0.390. The molecule has 0 aliphatic carbocycles. The molecule has 0 atom stereocenters. The third-order valence-corrected chi connectivity index (χ3v) is 2.56. The quantitative estimate of drug-likeness (QED) is 0.465. The van der Waals surface area contributed by atoms with E-state index in [0.717, 1.165) is 0 Å². The molecule has 0 rings (SSSR count). The van der Waals surface area contributed by atoms with Gasteiger partial charge >= 0.3 is 0 Å². The van der Waals surface area contributed by atoms with Gasteiger partial charge in [-0.05, 0) is 39.0 Å². The highest BCUT2D eigenvalue weighted by molar-refractivity contribution is 7.56. The van der Waals surface area contributed by atoms with Crippen LogP contribution in [0.2, 0.25) is 0 Å². The maximum absolute atomic E-state index is 3.43. The first-order valence-electron chi connectivity index (χ1n) is 4.12. The number of rotatable bonds is 6. The smallest absolute Gasteiger partial charge is 0.000968 e. The fourth-order valence-electron chi connectivity index (χ4n) is 0.729. The van der Waals surface area contributed by atoms with Gasteiger partial charge in [0.25, 0.3) is 0 Å². The lowest BCUT2D eigenvalue weighted by Crippen LogP contribution is -2.18. The maximum Gasteiger partial charge on any atom is -0.000968 e. The Kier molecular flexibility index (Phi) is 7.79. The van der Waals surface area contributed by atoms with Crippen LogP contribution in [0.25, 0.3) is 0 Å². The largest absolute Gasteiger partial charge is 0.316 e. The van der Waals surface area contributed by atoms with Crippen molar-refractivity contribution in [1.29, 1.82) is 0 Å². The predicted octanol–water partition coefficient (Wildman–Crippen LogP) is 2.12. The summed E-state index contributed by atoms with van der Waals surface area (Å²) >= 11 is 0. The van der Waals surface area contributed by atoms with Gasteiger partial charge in [-0.25, -0.2) is 0 Å². The van der Waals surface area contributed by atoms with Crippen LogP contribution in [0.1, 0.15) is 19.8 Å². The molecule has 0 aromatic rings. The molecule has 0 amide bonds. The van der Waals surface area contributed by atoms with E-state index in [-0.39, 0.29) is 0 Å². The van der Waals surface area contributed by atoms with Gasteiger partial charge in [0, 0.05) is 0 Å². The lowest BCUT2D eigenvalue weighted by atomic mass is 10.3. The summed E-state index contributed by atoms with van der Waals surface area (Å²) in [6.07, 6.45) is 4.00. The summed E-state index contributed by atoms with van der Waals surface area (Å²) in [6.45, 7) is 9.32. The minimum atomic E-state index is 0.316. The molecule has 0 aliphatic heterocycles. The zero-order chi connectivity index (χ0) is 7.82. The molecule has 0 bridgehead atoms. The van der Waals surface area contributed by atoms with Crippen LogP contribution in [0.15, 0.2) is 0 Å². The van der Waals surface area contributed by atoms with Gasteiger partial charge in [0.1, 0.15) is 0 Å². The Morgan fingerprint density at radius 2 is 1.90 bits per heavy atom. The maximum atomic E-state index is 3.43. The van der Waals surface area contributed by atoms with Crippen molar-refractivity contribution >= 4 is 7.92 Å². The van der Waals surface area contributed by atoms with Crippen LogP contribution in [-0.2, 0) is 0 Å². The average molecular weight is 161 g/mol. The highest BCUT2D eigenvalue weighted by Gasteiger charge is 1.90. The SMILES string of the molecule is CCCCNCCP(C)C. The second-order valence-corrected chi connectivity index (χ2v) is 5.51. The van der Waals surface area contributed by atoms with E-state index < -0.39 is 0 Å². The molecule has 0 radical (unpaired) electrons. The van der Waals surface area contributed by atoms with Crippen LogP contribution < -0.4 is 5.32 Å². The van der Waals surface area contributed by atoms with Gasteiger partial charge < -0.3 is 5.32 Å². The molecular formula is C8H20NP. The molecule has 62 valence electrons. The molecule has 0 fully saturated rings. The van der Waals surface area contributed by atoms with Crippen molar-refractivity contribution in [2.75, 3.05) is 32.6 Å². The molecule has 0 aliphatic rings. The standard InChI is InChI=1S/C8H20NP/c1-4-5-6-9-7-8-10(2)3/h9H,4-8H2,1-3H3. The van der Waals surface area contributed by atoms with E-state index in [0.29, 0.717) is 7.92 Å². The van der Waals surface area contributed by atoms with Crippen LogP contribution >= 0.6 is 7.92 Å². The summed E-state index contributed by atoms with van der Waals surface area (Å²) in [5.41, 5.74) is 0. The van der Waals surface area contributed by atoms with E-state index in [1.165, 1.54) is 32.1 Å². The number of nitrogens with one attached hydrogen (secondary N) is 1. The molecule has 1 nitrogen and oxygen atoms in total. The van der Waals surface area contributed by atoms with E-state index in [2.05, 4.69) is 25.6 Å². The van der Waals surface area contributed by atoms with Gasteiger partial charge in [0.05, 0.1) is 0 Å². The fraction of sp³-hybridized carbons (Fsp3) is 1.00. The first kappa shape index (κ1) is 10.4. The lowest BCUT2D eigenvalue weighted by Gasteiger charge is -2.05. The van der Waals surface area contributed by atoms with E-state index in [1.54, 1.807) is 0 Å². The molecule has 0 aromatic carbocycles. The van der Waals surface area contributed by atoms with Gasteiger partial charge in [-0.3, -0.25) is 0 Å². The third kappa shape index (κ3) is 8.39. The van der Waals surface area contributed by atoms with Crippen LogP contribution in [0.3, 0.4) is 0 Å². The van der Waals surface area contributed by atoms with Crippen molar-refractivity contribution in [1.82, 2.24) is 5.32 Å². The van der Waals surface area contributed by atoms with Gasteiger partial charge in [0.2, 0.25) is 0 Å². The molecule has 0 aromatic heterocycles. The normalized spacial score (nSPS) is 10.8. The third-order valence-electron chi connectivity index (χ3n) is 1.44.